The number of rotatable bonds is 5. The van der Waals surface area contributed by atoms with E-state index < -0.39 is 29.3 Å². The molecule has 1 saturated carbocycles. The summed E-state index contributed by atoms with van der Waals surface area (Å²) in [5.41, 5.74) is 4.60. The standard InChI is InChI=1S/C23H32N8O5/c1-22(36)9-14(32)10-29(11-15(22)31-13-27-17-18(24)25-12-26-19(17)31)16(33)5-4-8-30-20(34)23(28-21(30)35)6-2-3-7-23/h12-15,32,36H,2-11H2,1H3,(H,28,35)(H2,24,25,26)/t14-,15+,22+/m0/s1. The van der Waals surface area contributed by atoms with E-state index in [-0.39, 0.29) is 50.1 Å². The molecule has 0 aromatic carbocycles. The van der Waals surface area contributed by atoms with Gasteiger partial charge in [-0.05, 0) is 26.2 Å². The maximum Gasteiger partial charge on any atom is 0.325 e. The summed E-state index contributed by atoms with van der Waals surface area (Å²) >= 11 is 0. The summed E-state index contributed by atoms with van der Waals surface area (Å²) in [6, 6.07) is -1.05. The molecule has 0 radical (unpaired) electrons. The third kappa shape index (κ3) is 4.15. The Balaban J connectivity index is 1.28. The van der Waals surface area contributed by atoms with Crippen LogP contribution in [0.3, 0.4) is 0 Å². The van der Waals surface area contributed by atoms with E-state index in [2.05, 4.69) is 20.3 Å². The number of β-amino-alcohol motifs (C(OH)–C–C–N with tert-alkyl or cyclic N) is 1. The molecule has 2 aliphatic heterocycles. The SMILES string of the molecule is C[C@@]1(O)C[C@H](O)CN(C(=O)CCCN2C(=O)NC3(CCCC3)C2=O)C[C@H]1n1cnc2c(N)ncnc21. The van der Waals surface area contributed by atoms with Crippen LogP contribution in [0.2, 0.25) is 0 Å². The first-order valence-corrected chi connectivity index (χ1v) is 12.4. The van der Waals surface area contributed by atoms with Crippen molar-refractivity contribution in [2.75, 3.05) is 25.4 Å². The van der Waals surface area contributed by atoms with Crippen molar-refractivity contribution in [2.45, 2.75) is 75.2 Å². The Kier molecular flexibility index (Phi) is 6.07. The highest BCUT2D eigenvalue weighted by Gasteiger charge is 2.52. The number of anilines is 1. The molecule has 1 aliphatic carbocycles. The molecule has 2 aromatic rings. The molecule has 1 spiro atoms. The summed E-state index contributed by atoms with van der Waals surface area (Å²) in [6.45, 7) is 1.94. The van der Waals surface area contributed by atoms with Crippen LogP contribution in [-0.4, -0.2) is 94.3 Å². The third-order valence-corrected chi connectivity index (χ3v) is 7.74. The van der Waals surface area contributed by atoms with Crippen LogP contribution in [0, 0.1) is 0 Å². The van der Waals surface area contributed by atoms with Crippen LogP contribution in [0.4, 0.5) is 10.6 Å². The van der Waals surface area contributed by atoms with E-state index in [0.717, 1.165) is 12.8 Å². The van der Waals surface area contributed by atoms with Gasteiger partial charge in [-0.2, -0.15) is 0 Å². The van der Waals surface area contributed by atoms with Gasteiger partial charge in [0.2, 0.25) is 5.91 Å². The van der Waals surface area contributed by atoms with Gasteiger partial charge in [-0.15, -0.1) is 0 Å². The lowest BCUT2D eigenvalue weighted by Gasteiger charge is -2.34. The summed E-state index contributed by atoms with van der Waals surface area (Å²) in [5, 5.41) is 24.7. The average molecular weight is 501 g/mol. The van der Waals surface area contributed by atoms with Crippen molar-refractivity contribution < 1.29 is 24.6 Å². The van der Waals surface area contributed by atoms with Crippen LogP contribution < -0.4 is 11.1 Å². The van der Waals surface area contributed by atoms with Gasteiger partial charge in [-0.1, -0.05) is 12.8 Å². The molecule has 5 rings (SSSR count). The third-order valence-electron chi connectivity index (χ3n) is 7.74. The lowest BCUT2D eigenvalue weighted by molar-refractivity contribution is -0.134. The van der Waals surface area contributed by atoms with Gasteiger partial charge in [0.05, 0.1) is 24.1 Å². The quantitative estimate of drug-likeness (QED) is 0.409. The number of aromatic nitrogens is 4. The summed E-state index contributed by atoms with van der Waals surface area (Å²) in [5.74, 6) is -0.232. The number of carbonyl (C=O) groups excluding carboxylic acids is 3. The molecular weight excluding hydrogens is 468 g/mol. The summed E-state index contributed by atoms with van der Waals surface area (Å²) < 4.78 is 1.67. The number of aliphatic hydroxyl groups excluding tert-OH is 1. The Morgan fingerprint density at radius 3 is 2.72 bits per heavy atom. The summed E-state index contributed by atoms with van der Waals surface area (Å²) in [6.07, 6.45) is 5.44. The first-order chi connectivity index (χ1) is 17.1. The molecule has 3 fully saturated rings. The maximum absolute atomic E-state index is 13.2. The fourth-order valence-corrected chi connectivity index (χ4v) is 5.84. The van der Waals surface area contributed by atoms with E-state index in [1.165, 1.54) is 22.5 Å². The molecule has 2 aromatic heterocycles. The van der Waals surface area contributed by atoms with Crippen molar-refractivity contribution in [1.29, 1.82) is 0 Å². The number of imide groups is 1. The summed E-state index contributed by atoms with van der Waals surface area (Å²) in [4.78, 5) is 53.6. The number of nitrogens with one attached hydrogen (secondary N) is 1. The van der Waals surface area contributed by atoms with Gasteiger partial charge in [0, 0.05) is 32.5 Å². The topological polar surface area (TPSA) is 180 Å². The molecule has 3 atom stereocenters. The largest absolute Gasteiger partial charge is 0.391 e. The molecule has 2 saturated heterocycles. The van der Waals surface area contributed by atoms with Crippen molar-refractivity contribution in [3.63, 3.8) is 0 Å². The van der Waals surface area contributed by atoms with E-state index in [1.54, 1.807) is 11.5 Å². The van der Waals surface area contributed by atoms with Crippen LogP contribution in [-0.2, 0) is 9.59 Å². The molecule has 13 nitrogen and oxygen atoms in total. The number of likely N-dealkylation sites (tertiary alicyclic amines) is 1. The van der Waals surface area contributed by atoms with E-state index in [9.17, 15) is 24.6 Å². The monoisotopic (exact) mass is 500 g/mol. The second kappa shape index (κ2) is 8.96. The lowest BCUT2D eigenvalue weighted by atomic mass is 9.91. The Morgan fingerprint density at radius 2 is 1.97 bits per heavy atom. The van der Waals surface area contributed by atoms with Crippen LogP contribution in [0.15, 0.2) is 12.7 Å². The number of nitrogens with zero attached hydrogens (tertiary/aromatic N) is 6. The molecule has 194 valence electrons. The number of imidazole rings is 1. The minimum absolute atomic E-state index is 0.0478. The zero-order valence-electron chi connectivity index (χ0n) is 20.3. The predicted octanol–water partition coefficient (Wildman–Crippen LogP) is -0.0614. The number of carbonyl (C=O) groups is 3. The number of urea groups is 1. The number of hydrogen-bond acceptors (Lipinski definition) is 9. The predicted molar refractivity (Wildman–Crippen MR) is 127 cm³/mol. The van der Waals surface area contributed by atoms with E-state index in [4.69, 9.17) is 5.73 Å². The molecule has 4 amide bonds. The van der Waals surface area contributed by atoms with E-state index in [0.29, 0.717) is 30.4 Å². The van der Waals surface area contributed by atoms with Crippen molar-refractivity contribution in [3.05, 3.63) is 12.7 Å². The molecule has 3 aliphatic rings. The maximum atomic E-state index is 13.2. The zero-order valence-corrected chi connectivity index (χ0v) is 20.3. The number of nitrogens with two attached hydrogens (primary N) is 1. The van der Waals surface area contributed by atoms with Gasteiger partial charge in [0.25, 0.3) is 5.91 Å². The van der Waals surface area contributed by atoms with Gasteiger partial charge < -0.3 is 30.7 Å². The molecule has 0 unspecified atom stereocenters. The normalized spacial score (nSPS) is 28.2. The van der Waals surface area contributed by atoms with Gasteiger partial charge in [0.15, 0.2) is 11.5 Å². The minimum Gasteiger partial charge on any atom is -0.391 e. The number of fused-ring (bicyclic) bond motifs is 1. The fourth-order valence-electron chi connectivity index (χ4n) is 5.84. The lowest BCUT2D eigenvalue weighted by Crippen LogP contribution is -2.44. The summed E-state index contributed by atoms with van der Waals surface area (Å²) in [7, 11) is 0. The Bertz CT molecular complexity index is 1190. The Labute approximate surface area is 207 Å². The van der Waals surface area contributed by atoms with Crippen molar-refractivity contribution in [3.8, 4) is 0 Å². The van der Waals surface area contributed by atoms with Crippen molar-refractivity contribution in [2.24, 2.45) is 0 Å². The van der Waals surface area contributed by atoms with Crippen LogP contribution in [0.25, 0.3) is 11.2 Å². The number of amides is 4. The fraction of sp³-hybridized carbons (Fsp3) is 0.652. The highest BCUT2D eigenvalue weighted by Crippen LogP contribution is 2.36. The second-order valence-electron chi connectivity index (χ2n) is 10.4. The molecular formula is C23H32N8O5. The van der Waals surface area contributed by atoms with Gasteiger partial charge in [0.1, 0.15) is 17.4 Å². The zero-order chi connectivity index (χ0) is 25.7. The molecule has 13 heteroatoms. The first-order valence-electron chi connectivity index (χ1n) is 12.4. The van der Waals surface area contributed by atoms with E-state index >= 15 is 0 Å². The van der Waals surface area contributed by atoms with E-state index in [1.807, 2.05) is 0 Å². The number of hydrogen-bond donors (Lipinski definition) is 4. The smallest absolute Gasteiger partial charge is 0.325 e. The number of nitrogen functional groups attached to an aromatic ring is 1. The highest BCUT2D eigenvalue weighted by atomic mass is 16.3. The van der Waals surface area contributed by atoms with Gasteiger partial charge in [-0.25, -0.2) is 19.7 Å². The average Bonchev–Trinajstić information content (AvgIpc) is 3.49. The molecule has 36 heavy (non-hydrogen) atoms. The first kappa shape index (κ1) is 24.4. The molecule has 0 bridgehead atoms. The van der Waals surface area contributed by atoms with Crippen molar-refractivity contribution in [1.82, 2.24) is 34.6 Å². The van der Waals surface area contributed by atoms with Gasteiger partial charge >= 0.3 is 6.03 Å². The van der Waals surface area contributed by atoms with Crippen LogP contribution >= 0.6 is 0 Å². The molecule has 5 N–H and O–H groups in total. The van der Waals surface area contributed by atoms with Gasteiger partial charge in [-0.3, -0.25) is 14.5 Å². The molecule has 4 heterocycles. The van der Waals surface area contributed by atoms with Crippen LogP contribution in [0.1, 0.15) is 57.9 Å². The van der Waals surface area contributed by atoms with Crippen molar-refractivity contribution >= 4 is 34.8 Å². The Morgan fingerprint density at radius 1 is 1.22 bits per heavy atom. The van der Waals surface area contributed by atoms with Crippen LogP contribution in [0.5, 0.6) is 0 Å². The Hall–Kier alpha value is -3.32. The minimum atomic E-state index is -1.36. The second-order valence-corrected chi connectivity index (χ2v) is 10.4. The highest BCUT2D eigenvalue weighted by molar-refractivity contribution is 6.07. The number of aliphatic hydroxyl groups is 2.